The van der Waals surface area contributed by atoms with Gasteiger partial charge in [-0.1, -0.05) is 52.8 Å². The summed E-state index contributed by atoms with van der Waals surface area (Å²) in [5.41, 5.74) is 2.10. The van der Waals surface area contributed by atoms with Crippen LogP contribution in [-0.2, 0) is 15.6 Å². The minimum absolute atomic E-state index is 0.118. The van der Waals surface area contributed by atoms with Crippen molar-refractivity contribution in [1.29, 1.82) is 0 Å². The summed E-state index contributed by atoms with van der Waals surface area (Å²) in [5, 5.41) is 10.6. The Labute approximate surface area is 159 Å². The maximum Gasteiger partial charge on any atom is 0.257 e. The van der Waals surface area contributed by atoms with E-state index in [4.69, 9.17) is 11.6 Å². The van der Waals surface area contributed by atoms with Crippen LogP contribution in [0.1, 0.15) is 21.5 Å². The number of carbonyl (C=O) groups is 1. The number of aromatic nitrogens is 2. The second-order valence-corrected chi connectivity index (χ2v) is 9.16. The number of aryl methyl sites for hydroxylation is 1. The van der Waals surface area contributed by atoms with Gasteiger partial charge in [0.2, 0.25) is 19.3 Å². The lowest BCUT2D eigenvalue weighted by Crippen LogP contribution is -2.11. The molecule has 134 valence electrons. The Morgan fingerprint density at radius 1 is 1.08 bits per heavy atom. The molecule has 1 N–H and O–H groups in total. The topological polar surface area (TPSA) is 89.0 Å². The van der Waals surface area contributed by atoms with Crippen LogP contribution in [0.5, 0.6) is 0 Å². The van der Waals surface area contributed by atoms with Crippen LogP contribution in [0, 0.1) is 6.92 Å². The molecule has 1 heterocycles. The van der Waals surface area contributed by atoms with Crippen LogP contribution >= 0.6 is 22.9 Å². The summed E-state index contributed by atoms with van der Waals surface area (Å²) in [5.74, 6) is -0.590. The molecular weight excluding hydrogens is 394 g/mol. The maximum atomic E-state index is 12.5. The zero-order chi connectivity index (χ0) is 18.7. The van der Waals surface area contributed by atoms with Gasteiger partial charge >= 0.3 is 0 Å². The van der Waals surface area contributed by atoms with Crippen molar-refractivity contribution in [3.63, 3.8) is 0 Å². The zero-order valence-corrected chi connectivity index (χ0v) is 16.0. The Hall–Kier alpha value is -2.29. The molecule has 0 fully saturated rings. The largest absolute Gasteiger partial charge is 0.296 e. The third-order valence-corrected chi connectivity index (χ3v) is 6.70. The van der Waals surface area contributed by atoms with E-state index in [1.807, 2.05) is 19.1 Å². The van der Waals surface area contributed by atoms with E-state index in [-0.39, 0.29) is 15.2 Å². The highest BCUT2D eigenvalue weighted by molar-refractivity contribution is 7.92. The molecule has 0 saturated heterocycles. The average Bonchev–Trinajstić information content (AvgIpc) is 3.07. The number of hydrogen-bond donors (Lipinski definition) is 1. The van der Waals surface area contributed by atoms with E-state index in [0.717, 1.165) is 16.9 Å². The molecule has 2 aromatic carbocycles. The van der Waals surface area contributed by atoms with Gasteiger partial charge in [0.05, 0.1) is 5.75 Å². The highest BCUT2D eigenvalue weighted by Gasteiger charge is 2.22. The molecule has 0 bridgehead atoms. The second kappa shape index (κ2) is 7.53. The number of benzene rings is 2. The van der Waals surface area contributed by atoms with E-state index >= 15 is 0 Å². The minimum Gasteiger partial charge on any atom is -0.296 e. The highest BCUT2D eigenvalue weighted by Crippen LogP contribution is 2.24. The molecule has 1 amide bonds. The Balaban J connectivity index is 1.73. The molecule has 3 rings (SSSR count). The molecule has 6 nitrogen and oxygen atoms in total. The Morgan fingerprint density at radius 3 is 2.38 bits per heavy atom. The molecule has 0 spiro atoms. The lowest BCUT2D eigenvalue weighted by molar-refractivity contribution is 0.102. The number of halogens is 1. The molecule has 3 aromatic rings. The summed E-state index contributed by atoms with van der Waals surface area (Å²) in [4.78, 5) is 12.1. The molecule has 26 heavy (non-hydrogen) atoms. The molecule has 0 radical (unpaired) electrons. The minimum atomic E-state index is -3.64. The van der Waals surface area contributed by atoms with Crippen LogP contribution in [0.25, 0.3) is 0 Å². The van der Waals surface area contributed by atoms with Crippen LogP contribution in [0.2, 0.25) is 5.02 Å². The first-order valence-electron chi connectivity index (χ1n) is 7.52. The number of amides is 1. The molecule has 0 aliphatic rings. The second-order valence-electron chi connectivity index (χ2n) is 5.58. The normalized spacial score (nSPS) is 11.3. The van der Waals surface area contributed by atoms with Gasteiger partial charge in [-0.05, 0) is 36.8 Å². The Kier molecular flexibility index (Phi) is 5.36. The van der Waals surface area contributed by atoms with Gasteiger partial charge in [-0.3, -0.25) is 10.1 Å². The van der Waals surface area contributed by atoms with Crippen LogP contribution in [0.3, 0.4) is 0 Å². The van der Waals surface area contributed by atoms with Crippen molar-refractivity contribution in [2.45, 2.75) is 17.0 Å². The van der Waals surface area contributed by atoms with Gasteiger partial charge < -0.3 is 0 Å². The van der Waals surface area contributed by atoms with Gasteiger partial charge in [-0.15, -0.1) is 10.2 Å². The van der Waals surface area contributed by atoms with Gasteiger partial charge in [-0.25, -0.2) is 8.42 Å². The molecule has 1 aromatic heterocycles. The molecular formula is C17H14ClN3O3S2. The maximum absolute atomic E-state index is 12.5. The van der Waals surface area contributed by atoms with E-state index in [1.54, 1.807) is 36.4 Å². The average molecular weight is 408 g/mol. The summed E-state index contributed by atoms with van der Waals surface area (Å²) >= 11 is 6.61. The number of rotatable bonds is 5. The van der Waals surface area contributed by atoms with Crippen molar-refractivity contribution in [1.82, 2.24) is 10.2 Å². The van der Waals surface area contributed by atoms with Gasteiger partial charge in [0.1, 0.15) is 0 Å². The Morgan fingerprint density at radius 2 is 1.73 bits per heavy atom. The van der Waals surface area contributed by atoms with Crippen molar-refractivity contribution < 1.29 is 13.2 Å². The predicted octanol–water partition coefficient (Wildman–Crippen LogP) is 3.73. The number of sulfone groups is 1. The standard InChI is InChI=1S/C17H14ClN3O3S2/c1-11-2-4-12(5-3-11)10-26(23,24)17-21-20-16(25-17)19-15(22)13-6-8-14(18)9-7-13/h2-9H,10H2,1H3,(H,19,20,22). The molecule has 0 aliphatic heterocycles. The summed E-state index contributed by atoms with van der Waals surface area (Å²) < 4.78 is 24.8. The van der Waals surface area contributed by atoms with Gasteiger partial charge in [0.15, 0.2) is 0 Å². The first-order chi connectivity index (χ1) is 12.3. The Bertz CT molecular complexity index is 1030. The zero-order valence-electron chi connectivity index (χ0n) is 13.6. The first kappa shape index (κ1) is 18.5. The van der Waals surface area contributed by atoms with Crippen LogP contribution in [-0.4, -0.2) is 24.5 Å². The molecule has 0 unspecified atom stereocenters. The van der Waals surface area contributed by atoms with E-state index in [2.05, 4.69) is 15.5 Å². The molecule has 9 heteroatoms. The molecule has 0 aliphatic carbocycles. The fourth-order valence-corrected chi connectivity index (χ4v) is 4.56. The summed E-state index contributed by atoms with van der Waals surface area (Å²) in [6.45, 7) is 1.93. The SMILES string of the molecule is Cc1ccc(CS(=O)(=O)c2nnc(NC(=O)c3ccc(Cl)cc3)s2)cc1. The molecule has 0 saturated carbocycles. The highest BCUT2D eigenvalue weighted by atomic mass is 35.5. The van der Waals surface area contributed by atoms with Crippen molar-refractivity contribution in [2.24, 2.45) is 0 Å². The summed E-state index contributed by atoms with van der Waals surface area (Å²) in [7, 11) is -3.64. The number of carbonyl (C=O) groups excluding carboxylic acids is 1. The summed E-state index contributed by atoms with van der Waals surface area (Å²) in [6, 6.07) is 13.5. The quantitative estimate of drug-likeness (QED) is 0.651. The van der Waals surface area contributed by atoms with Gasteiger partial charge in [0, 0.05) is 10.6 Å². The first-order valence-corrected chi connectivity index (χ1v) is 10.4. The fraction of sp³-hybridized carbons (Fsp3) is 0.118. The van der Waals surface area contributed by atoms with Crippen molar-refractivity contribution in [3.05, 3.63) is 70.2 Å². The lowest BCUT2D eigenvalue weighted by Gasteiger charge is -2.02. The van der Waals surface area contributed by atoms with Crippen molar-refractivity contribution in [3.8, 4) is 0 Å². The number of nitrogens with one attached hydrogen (secondary N) is 1. The van der Waals surface area contributed by atoms with Crippen LogP contribution in [0.4, 0.5) is 5.13 Å². The van der Waals surface area contributed by atoms with E-state index in [1.165, 1.54) is 0 Å². The molecule has 0 atom stereocenters. The van der Waals surface area contributed by atoms with E-state index < -0.39 is 15.7 Å². The predicted molar refractivity (Wildman–Crippen MR) is 101 cm³/mol. The fourth-order valence-electron chi connectivity index (χ4n) is 2.12. The number of hydrogen-bond acceptors (Lipinski definition) is 6. The number of anilines is 1. The summed E-state index contributed by atoms with van der Waals surface area (Å²) in [6.07, 6.45) is 0. The monoisotopic (exact) mass is 407 g/mol. The van der Waals surface area contributed by atoms with E-state index in [9.17, 15) is 13.2 Å². The van der Waals surface area contributed by atoms with Gasteiger partial charge in [0.25, 0.3) is 5.91 Å². The van der Waals surface area contributed by atoms with Crippen molar-refractivity contribution in [2.75, 3.05) is 5.32 Å². The third-order valence-electron chi connectivity index (χ3n) is 3.48. The smallest absolute Gasteiger partial charge is 0.257 e. The third kappa shape index (κ3) is 4.46. The van der Waals surface area contributed by atoms with Crippen LogP contribution < -0.4 is 5.32 Å². The van der Waals surface area contributed by atoms with E-state index in [0.29, 0.717) is 16.1 Å². The number of nitrogens with zero attached hydrogens (tertiary/aromatic N) is 2. The van der Waals surface area contributed by atoms with Crippen molar-refractivity contribution >= 4 is 43.8 Å². The van der Waals surface area contributed by atoms with Crippen LogP contribution in [0.15, 0.2) is 52.9 Å². The van der Waals surface area contributed by atoms with Gasteiger partial charge in [-0.2, -0.15) is 0 Å². The lowest BCUT2D eigenvalue weighted by atomic mass is 10.2.